The Labute approximate surface area is 97.4 Å². The highest BCUT2D eigenvalue weighted by Gasteiger charge is 2.37. The third-order valence-electron chi connectivity index (χ3n) is 1.90. The molecule has 1 aromatic carbocycles. The number of benzene rings is 1. The first-order valence-electron chi connectivity index (χ1n) is 4.56. The SMILES string of the molecule is [O-][P+]1(Oc2ccccc2)NC[C@@H](Br)CO1. The number of halogens is 1. The van der Waals surface area contributed by atoms with Gasteiger partial charge in [0.1, 0.15) is 6.61 Å². The van der Waals surface area contributed by atoms with Gasteiger partial charge in [-0.05, 0) is 12.1 Å². The standard InChI is InChI=1S/C9H11BrNO3P/c10-8-6-11-15(12,13-7-8)14-9-4-2-1-3-5-9/h1-5,8H,6-7H2,(H,11,12)/t8-,15?/m1/s1. The Morgan fingerprint density at radius 2 is 2.20 bits per heavy atom. The Bertz CT molecular complexity index is 316. The van der Waals surface area contributed by atoms with Crippen molar-refractivity contribution in [3.63, 3.8) is 0 Å². The van der Waals surface area contributed by atoms with Gasteiger partial charge in [0, 0.05) is 0 Å². The molecule has 0 spiro atoms. The monoisotopic (exact) mass is 291 g/mol. The van der Waals surface area contributed by atoms with Gasteiger partial charge in [0.25, 0.3) is 0 Å². The molecule has 1 unspecified atom stereocenters. The van der Waals surface area contributed by atoms with Crippen molar-refractivity contribution < 1.29 is 13.9 Å². The van der Waals surface area contributed by atoms with Crippen molar-refractivity contribution in [3.8, 4) is 5.75 Å². The van der Waals surface area contributed by atoms with Crippen LogP contribution < -0.4 is 14.5 Å². The second-order valence-electron chi connectivity index (χ2n) is 3.16. The quantitative estimate of drug-likeness (QED) is 0.663. The number of para-hydroxylation sites is 1. The van der Waals surface area contributed by atoms with Gasteiger partial charge in [-0.2, -0.15) is 4.52 Å². The summed E-state index contributed by atoms with van der Waals surface area (Å²) < 4.78 is 10.4. The zero-order valence-corrected chi connectivity index (χ0v) is 10.4. The highest BCUT2D eigenvalue weighted by Crippen LogP contribution is 2.50. The first-order valence-corrected chi connectivity index (χ1v) is 7.02. The van der Waals surface area contributed by atoms with E-state index in [1.807, 2.05) is 18.2 Å². The number of rotatable bonds is 2. The van der Waals surface area contributed by atoms with Crippen LogP contribution in [0, 0.1) is 0 Å². The van der Waals surface area contributed by atoms with Crippen LogP contribution in [0.2, 0.25) is 0 Å². The maximum Gasteiger partial charge on any atom is 0.362 e. The maximum atomic E-state index is 12.0. The van der Waals surface area contributed by atoms with Crippen molar-refractivity contribution in [3.05, 3.63) is 30.3 Å². The summed E-state index contributed by atoms with van der Waals surface area (Å²) in [5, 5.41) is 2.76. The molecule has 1 aromatic rings. The van der Waals surface area contributed by atoms with Gasteiger partial charge in [-0.1, -0.05) is 34.1 Å². The van der Waals surface area contributed by atoms with Crippen LogP contribution in [0.5, 0.6) is 5.75 Å². The van der Waals surface area contributed by atoms with Crippen LogP contribution in [-0.4, -0.2) is 18.0 Å². The van der Waals surface area contributed by atoms with Crippen LogP contribution in [-0.2, 0) is 4.52 Å². The second kappa shape index (κ2) is 4.76. The van der Waals surface area contributed by atoms with E-state index in [4.69, 9.17) is 9.05 Å². The summed E-state index contributed by atoms with van der Waals surface area (Å²) in [6.07, 6.45) is 0. The summed E-state index contributed by atoms with van der Waals surface area (Å²) >= 11 is 3.36. The molecule has 1 heterocycles. The number of nitrogens with one attached hydrogen (secondary N) is 1. The minimum absolute atomic E-state index is 0.180. The lowest BCUT2D eigenvalue weighted by Crippen LogP contribution is -2.41. The molecule has 4 nitrogen and oxygen atoms in total. The van der Waals surface area contributed by atoms with E-state index < -0.39 is 8.09 Å². The Morgan fingerprint density at radius 3 is 2.80 bits per heavy atom. The average Bonchev–Trinajstić information content (AvgIpc) is 2.24. The minimum Gasteiger partial charge on any atom is -0.609 e. The molecule has 0 saturated carbocycles. The van der Waals surface area contributed by atoms with Crippen molar-refractivity contribution in [2.24, 2.45) is 0 Å². The van der Waals surface area contributed by atoms with Gasteiger partial charge in [-0.15, -0.1) is 5.09 Å². The first-order chi connectivity index (χ1) is 7.18. The predicted octanol–water partition coefficient (Wildman–Crippen LogP) is 1.49. The number of alkyl halides is 1. The summed E-state index contributed by atoms with van der Waals surface area (Å²) in [7, 11) is -3.15. The molecule has 0 aromatic heterocycles. The third kappa shape index (κ3) is 3.13. The molecule has 2 atom stereocenters. The van der Waals surface area contributed by atoms with Gasteiger partial charge in [0.15, 0.2) is 5.75 Å². The van der Waals surface area contributed by atoms with E-state index in [-0.39, 0.29) is 4.83 Å². The first kappa shape index (κ1) is 11.3. The smallest absolute Gasteiger partial charge is 0.362 e. The van der Waals surface area contributed by atoms with E-state index in [0.29, 0.717) is 18.9 Å². The summed E-state index contributed by atoms with van der Waals surface area (Å²) in [6.45, 7) is 0.960. The molecule has 1 N–H and O–H groups in total. The van der Waals surface area contributed by atoms with E-state index in [1.165, 1.54) is 0 Å². The highest BCUT2D eigenvalue weighted by molar-refractivity contribution is 9.09. The molecule has 15 heavy (non-hydrogen) atoms. The predicted molar refractivity (Wildman–Crippen MR) is 60.7 cm³/mol. The molecule has 1 aliphatic rings. The molecule has 1 aliphatic heterocycles. The fraction of sp³-hybridized carbons (Fsp3) is 0.333. The lowest BCUT2D eigenvalue weighted by atomic mass is 10.3. The summed E-state index contributed by atoms with van der Waals surface area (Å²) in [5.41, 5.74) is 0. The van der Waals surface area contributed by atoms with Gasteiger partial charge in [0.05, 0.1) is 11.4 Å². The Morgan fingerprint density at radius 1 is 1.47 bits per heavy atom. The zero-order valence-electron chi connectivity index (χ0n) is 7.93. The van der Waals surface area contributed by atoms with Crippen molar-refractivity contribution in [2.45, 2.75) is 4.83 Å². The normalized spacial score (nSPS) is 31.2. The van der Waals surface area contributed by atoms with Crippen LogP contribution in [0.15, 0.2) is 30.3 Å². The fourth-order valence-electron chi connectivity index (χ4n) is 1.17. The molecule has 0 aliphatic carbocycles. The van der Waals surface area contributed by atoms with E-state index in [9.17, 15) is 4.89 Å². The highest BCUT2D eigenvalue weighted by atomic mass is 79.9. The Kier molecular flexibility index (Phi) is 3.59. The van der Waals surface area contributed by atoms with E-state index in [2.05, 4.69) is 21.0 Å². The fourth-order valence-corrected chi connectivity index (χ4v) is 3.35. The van der Waals surface area contributed by atoms with Crippen LogP contribution >= 0.6 is 24.0 Å². The minimum atomic E-state index is -3.15. The summed E-state index contributed by atoms with van der Waals surface area (Å²) in [5.74, 6) is 0.543. The van der Waals surface area contributed by atoms with E-state index >= 15 is 0 Å². The number of hydrogen-bond donors (Lipinski definition) is 1. The van der Waals surface area contributed by atoms with Gasteiger partial charge in [0.2, 0.25) is 0 Å². The third-order valence-corrected chi connectivity index (χ3v) is 4.00. The van der Waals surface area contributed by atoms with Crippen molar-refractivity contribution in [1.82, 2.24) is 5.09 Å². The lowest BCUT2D eigenvalue weighted by Gasteiger charge is -2.32. The lowest BCUT2D eigenvalue weighted by molar-refractivity contribution is -0.217. The average molecular weight is 292 g/mol. The van der Waals surface area contributed by atoms with Crippen LogP contribution in [0.4, 0.5) is 0 Å². The van der Waals surface area contributed by atoms with Crippen molar-refractivity contribution in [2.75, 3.05) is 13.2 Å². The molecule has 6 heteroatoms. The maximum absolute atomic E-state index is 12.0. The van der Waals surface area contributed by atoms with Crippen LogP contribution in [0.1, 0.15) is 0 Å². The summed E-state index contributed by atoms with van der Waals surface area (Å²) in [4.78, 5) is 12.2. The topological polar surface area (TPSA) is 53.5 Å². The zero-order chi connectivity index (χ0) is 10.7. The molecule has 0 radical (unpaired) electrons. The van der Waals surface area contributed by atoms with Gasteiger partial charge < -0.3 is 9.42 Å². The van der Waals surface area contributed by atoms with E-state index in [0.717, 1.165) is 0 Å². The van der Waals surface area contributed by atoms with Gasteiger partial charge in [-0.25, -0.2) is 0 Å². The van der Waals surface area contributed by atoms with Crippen molar-refractivity contribution in [1.29, 1.82) is 0 Å². The molecule has 1 fully saturated rings. The molecule has 0 bridgehead atoms. The molecular weight excluding hydrogens is 281 g/mol. The molecular formula is C9H11BrNO3P. The second-order valence-corrected chi connectivity index (χ2v) is 6.20. The van der Waals surface area contributed by atoms with Crippen molar-refractivity contribution >= 4 is 24.0 Å². The Hall–Kier alpha value is -0.190. The largest absolute Gasteiger partial charge is 0.609 e. The molecule has 1 saturated heterocycles. The number of hydrogen-bond acceptors (Lipinski definition) is 4. The Balaban J connectivity index is 1.99. The van der Waals surface area contributed by atoms with Gasteiger partial charge in [-0.3, -0.25) is 0 Å². The van der Waals surface area contributed by atoms with Crippen LogP contribution in [0.25, 0.3) is 0 Å². The molecule has 82 valence electrons. The summed E-state index contributed by atoms with van der Waals surface area (Å²) in [6, 6.07) is 8.99. The molecule has 2 rings (SSSR count). The molecule has 0 amide bonds. The van der Waals surface area contributed by atoms with E-state index in [1.54, 1.807) is 12.1 Å². The van der Waals surface area contributed by atoms with Gasteiger partial charge >= 0.3 is 8.09 Å². The van der Waals surface area contributed by atoms with Crippen LogP contribution in [0.3, 0.4) is 0 Å².